The van der Waals surface area contributed by atoms with Gasteiger partial charge in [0.05, 0.1) is 0 Å². The molecule has 0 aromatic heterocycles. The third-order valence-corrected chi connectivity index (χ3v) is 3.64. The maximum atomic E-state index is 11.7. The van der Waals surface area contributed by atoms with Crippen molar-refractivity contribution in [3.8, 4) is 11.8 Å². The summed E-state index contributed by atoms with van der Waals surface area (Å²) in [5.74, 6) is 4.24. The van der Waals surface area contributed by atoms with Crippen LogP contribution in [0.1, 0.15) is 26.2 Å². The van der Waals surface area contributed by atoms with Gasteiger partial charge in [-0.25, -0.2) is 4.79 Å². The van der Waals surface area contributed by atoms with Gasteiger partial charge in [-0.05, 0) is 37.5 Å². The smallest absolute Gasteiger partial charge is 0.326 e. The second-order valence-electron chi connectivity index (χ2n) is 4.47. The summed E-state index contributed by atoms with van der Waals surface area (Å²) in [5.41, 5.74) is 0. The van der Waals surface area contributed by atoms with Crippen LogP contribution in [0.25, 0.3) is 0 Å². The molecule has 1 saturated carbocycles. The minimum absolute atomic E-state index is 0.139. The molecule has 4 nitrogen and oxygen atoms in total. The molecule has 1 aliphatic heterocycles. The number of carbonyl (C=O) groups excluding carboxylic acids is 1. The van der Waals surface area contributed by atoms with E-state index in [1.807, 2.05) is 0 Å². The Hall–Kier alpha value is -1.50. The predicted octanol–water partition coefficient (Wildman–Crippen LogP) is 0.721. The van der Waals surface area contributed by atoms with Crippen molar-refractivity contribution in [3.63, 3.8) is 0 Å². The van der Waals surface area contributed by atoms with Gasteiger partial charge in [-0.1, -0.05) is 12.3 Å². The molecule has 1 heterocycles. The second kappa shape index (κ2) is 4.17. The highest BCUT2D eigenvalue weighted by atomic mass is 16.4. The number of carboxylic acid groups (broad SMARTS) is 1. The standard InChI is InChI=1S/C12H15NO3/c1-2-4-10(14)13-7-8-5-3-6-9(8)11(13)12(15)16/h8-9,11H,3,5-7H2,1H3,(H,15,16). The molecule has 1 N–H and O–H groups in total. The predicted molar refractivity (Wildman–Crippen MR) is 57.4 cm³/mol. The molecule has 2 aliphatic rings. The quantitative estimate of drug-likeness (QED) is 0.664. The number of carboxylic acids is 1. The van der Waals surface area contributed by atoms with Gasteiger partial charge in [0, 0.05) is 6.54 Å². The molecule has 1 saturated heterocycles. The summed E-state index contributed by atoms with van der Waals surface area (Å²) in [7, 11) is 0. The molecule has 16 heavy (non-hydrogen) atoms. The Labute approximate surface area is 94.6 Å². The van der Waals surface area contributed by atoms with E-state index in [2.05, 4.69) is 11.8 Å². The molecule has 1 aliphatic carbocycles. The fourth-order valence-electron chi connectivity index (χ4n) is 3.01. The Morgan fingerprint density at radius 2 is 2.12 bits per heavy atom. The van der Waals surface area contributed by atoms with Crippen LogP contribution in [0.4, 0.5) is 0 Å². The Morgan fingerprint density at radius 3 is 2.75 bits per heavy atom. The summed E-state index contributed by atoms with van der Waals surface area (Å²) in [6.07, 6.45) is 3.04. The third kappa shape index (κ3) is 1.67. The molecule has 1 amide bonds. The Balaban J connectivity index is 2.22. The van der Waals surface area contributed by atoms with E-state index in [0.717, 1.165) is 19.3 Å². The number of hydrogen-bond acceptors (Lipinski definition) is 2. The highest BCUT2D eigenvalue weighted by Crippen LogP contribution is 2.42. The maximum Gasteiger partial charge on any atom is 0.326 e. The van der Waals surface area contributed by atoms with Crippen LogP contribution in [0, 0.1) is 23.7 Å². The lowest BCUT2D eigenvalue weighted by atomic mass is 9.94. The van der Waals surface area contributed by atoms with Gasteiger partial charge in [-0.15, -0.1) is 0 Å². The lowest BCUT2D eigenvalue weighted by molar-refractivity contribution is -0.147. The van der Waals surface area contributed by atoms with Gasteiger partial charge in [0.2, 0.25) is 0 Å². The van der Waals surface area contributed by atoms with E-state index >= 15 is 0 Å². The lowest BCUT2D eigenvalue weighted by Crippen LogP contribution is -2.42. The minimum atomic E-state index is -0.888. The van der Waals surface area contributed by atoms with Crippen molar-refractivity contribution in [2.24, 2.45) is 11.8 Å². The summed E-state index contributed by atoms with van der Waals surface area (Å²) in [6.45, 7) is 2.15. The molecule has 2 rings (SSSR count). The fraction of sp³-hybridized carbons (Fsp3) is 0.667. The third-order valence-electron chi connectivity index (χ3n) is 3.64. The zero-order valence-corrected chi connectivity index (χ0v) is 9.27. The molecule has 0 bridgehead atoms. The van der Waals surface area contributed by atoms with Gasteiger partial charge in [-0.3, -0.25) is 4.79 Å². The Morgan fingerprint density at radius 1 is 1.38 bits per heavy atom. The average Bonchev–Trinajstić information content (AvgIpc) is 2.74. The molecular formula is C12H15NO3. The summed E-state index contributed by atoms with van der Waals surface area (Å²) in [5, 5.41) is 9.21. The topological polar surface area (TPSA) is 57.6 Å². The van der Waals surface area contributed by atoms with Crippen molar-refractivity contribution in [3.05, 3.63) is 0 Å². The van der Waals surface area contributed by atoms with E-state index in [1.165, 1.54) is 4.90 Å². The number of aliphatic carboxylic acids is 1. The van der Waals surface area contributed by atoms with Crippen molar-refractivity contribution in [2.45, 2.75) is 32.2 Å². The first-order chi connectivity index (χ1) is 7.65. The largest absolute Gasteiger partial charge is 0.480 e. The Kier molecular flexibility index (Phi) is 2.86. The Bertz CT molecular complexity index is 379. The first kappa shape index (κ1) is 11.0. The van der Waals surface area contributed by atoms with Crippen LogP contribution < -0.4 is 0 Å². The van der Waals surface area contributed by atoms with E-state index in [9.17, 15) is 14.7 Å². The SMILES string of the molecule is CC#CC(=O)N1CC2CCCC2C1C(=O)O. The number of hydrogen-bond donors (Lipinski definition) is 1. The van der Waals surface area contributed by atoms with Gasteiger partial charge in [0.25, 0.3) is 5.91 Å². The van der Waals surface area contributed by atoms with Crippen molar-refractivity contribution < 1.29 is 14.7 Å². The zero-order chi connectivity index (χ0) is 11.7. The molecule has 86 valence electrons. The van der Waals surface area contributed by atoms with Crippen LogP contribution in [0.3, 0.4) is 0 Å². The van der Waals surface area contributed by atoms with Crippen LogP contribution in [0.2, 0.25) is 0 Å². The van der Waals surface area contributed by atoms with E-state index in [-0.39, 0.29) is 11.8 Å². The van der Waals surface area contributed by atoms with E-state index in [0.29, 0.717) is 12.5 Å². The molecule has 3 unspecified atom stereocenters. The summed E-state index contributed by atoms with van der Waals surface area (Å²) in [6, 6.07) is -0.652. The molecule has 3 atom stereocenters. The normalized spacial score (nSPS) is 31.8. The highest BCUT2D eigenvalue weighted by molar-refractivity contribution is 5.96. The highest BCUT2D eigenvalue weighted by Gasteiger charge is 2.49. The zero-order valence-electron chi connectivity index (χ0n) is 9.27. The summed E-state index contributed by atoms with van der Waals surface area (Å²) < 4.78 is 0. The van der Waals surface area contributed by atoms with E-state index in [4.69, 9.17) is 0 Å². The molecule has 0 spiro atoms. The van der Waals surface area contributed by atoms with Gasteiger partial charge in [-0.2, -0.15) is 0 Å². The maximum absolute atomic E-state index is 11.7. The van der Waals surface area contributed by atoms with Gasteiger partial charge >= 0.3 is 5.97 Å². The first-order valence-electron chi connectivity index (χ1n) is 5.61. The molecular weight excluding hydrogens is 206 g/mol. The fourth-order valence-corrected chi connectivity index (χ4v) is 3.01. The summed E-state index contributed by atoms with van der Waals surface area (Å²) >= 11 is 0. The number of amides is 1. The van der Waals surface area contributed by atoms with Crippen LogP contribution in [-0.2, 0) is 9.59 Å². The first-order valence-corrected chi connectivity index (χ1v) is 5.61. The summed E-state index contributed by atoms with van der Waals surface area (Å²) in [4.78, 5) is 24.3. The van der Waals surface area contributed by atoms with Crippen molar-refractivity contribution in [2.75, 3.05) is 6.54 Å². The van der Waals surface area contributed by atoms with Gasteiger partial charge < -0.3 is 10.0 Å². The number of likely N-dealkylation sites (tertiary alicyclic amines) is 1. The van der Waals surface area contributed by atoms with E-state index in [1.54, 1.807) is 6.92 Å². The van der Waals surface area contributed by atoms with Crippen LogP contribution in [0.5, 0.6) is 0 Å². The van der Waals surface area contributed by atoms with Crippen molar-refractivity contribution in [1.82, 2.24) is 4.90 Å². The van der Waals surface area contributed by atoms with Crippen LogP contribution >= 0.6 is 0 Å². The van der Waals surface area contributed by atoms with Crippen LogP contribution in [-0.4, -0.2) is 34.5 Å². The van der Waals surface area contributed by atoms with Gasteiger partial charge in [0.1, 0.15) is 6.04 Å². The molecule has 4 heteroatoms. The minimum Gasteiger partial charge on any atom is -0.480 e. The lowest BCUT2D eigenvalue weighted by Gasteiger charge is -2.21. The van der Waals surface area contributed by atoms with Crippen LogP contribution in [0.15, 0.2) is 0 Å². The number of rotatable bonds is 1. The monoisotopic (exact) mass is 221 g/mol. The average molecular weight is 221 g/mol. The molecule has 0 aromatic rings. The second-order valence-corrected chi connectivity index (χ2v) is 4.47. The van der Waals surface area contributed by atoms with Gasteiger partial charge in [0.15, 0.2) is 0 Å². The van der Waals surface area contributed by atoms with Crippen molar-refractivity contribution >= 4 is 11.9 Å². The van der Waals surface area contributed by atoms with Crippen molar-refractivity contribution in [1.29, 1.82) is 0 Å². The number of nitrogens with zero attached hydrogens (tertiary/aromatic N) is 1. The molecule has 0 aromatic carbocycles. The number of carbonyl (C=O) groups is 2. The molecule has 2 fully saturated rings. The molecule has 0 radical (unpaired) electrons. The number of fused-ring (bicyclic) bond motifs is 1. The van der Waals surface area contributed by atoms with E-state index < -0.39 is 12.0 Å².